The van der Waals surface area contributed by atoms with Gasteiger partial charge < -0.3 is 9.15 Å². The average Bonchev–Trinajstić information content (AvgIpc) is 3.17. The molecule has 5 rings (SSSR count). The summed E-state index contributed by atoms with van der Waals surface area (Å²) in [5.41, 5.74) is 1.95. The van der Waals surface area contributed by atoms with E-state index in [0.29, 0.717) is 38.6 Å². The first-order valence-electron chi connectivity index (χ1n) is 9.31. The molecule has 0 amide bonds. The SMILES string of the molecule is Cc1oc2cc(OC(=O)c3ccccc3)ccc2c(=O)c1-c1nc2ccccc2s1. The first-order chi connectivity index (χ1) is 14.6. The number of carbonyl (C=O) groups is 1. The van der Waals surface area contributed by atoms with Gasteiger partial charge in [-0.05, 0) is 43.3 Å². The molecule has 30 heavy (non-hydrogen) atoms. The third kappa shape index (κ3) is 3.17. The molecule has 5 nitrogen and oxygen atoms in total. The van der Waals surface area contributed by atoms with Gasteiger partial charge in [0.2, 0.25) is 5.43 Å². The molecule has 0 saturated heterocycles. The van der Waals surface area contributed by atoms with Gasteiger partial charge in [0.15, 0.2) is 0 Å². The zero-order chi connectivity index (χ0) is 20.7. The van der Waals surface area contributed by atoms with Crippen molar-refractivity contribution in [1.82, 2.24) is 4.98 Å². The highest BCUT2D eigenvalue weighted by Crippen LogP contribution is 2.32. The van der Waals surface area contributed by atoms with Crippen LogP contribution in [-0.2, 0) is 0 Å². The number of hydrogen-bond donors (Lipinski definition) is 0. The van der Waals surface area contributed by atoms with E-state index in [1.807, 2.05) is 30.3 Å². The fraction of sp³-hybridized carbons (Fsp3) is 0.0417. The molecule has 0 bridgehead atoms. The van der Waals surface area contributed by atoms with Gasteiger partial charge in [0, 0.05) is 6.07 Å². The van der Waals surface area contributed by atoms with Crippen molar-refractivity contribution in [3.8, 4) is 16.3 Å². The molecule has 0 unspecified atom stereocenters. The number of nitrogens with zero attached hydrogens (tertiary/aromatic N) is 1. The highest BCUT2D eigenvalue weighted by molar-refractivity contribution is 7.21. The summed E-state index contributed by atoms with van der Waals surface area (Å²) < 4.78 is 12.4. The normalized spacial score (nSPS) is 11.1. The fourth-order valence-corrected chi connectivity index (χ4v) is 4.37. The lowest BCUT2D eigenvalue weighted by atomic mass is 10.1. The van der Waals surface area contributed by atoms with Gasteiger partial charge >= 0.3 is 5.97 Å². The summed E-state index contributed by atoms with van der Waals surface area (Å²) in [6.45, 7) is 1.74. The Balaban J connectivity index is 1.56. The van der Waals surface area contributed by atoms with Crippen LogP contribution in [0.5, 0.6) is 5.75 Å². The van der Waals surface area contributed by atoms with E-state index in [9.17, 15) is 9.59 Å². The highest BCUT2D eigenvalue weighted by atomic mass is 32.1. The number of hydrogen-bond acceptors (Lipinski definition) is 6. The lowest BCUT2D eigenvalue weighted by Crippen LogP contribution is -2.10. The quantitative estimate of drug-likeness (QED) is 0.285. The Labute approximate surface area is 175 Å². The third-order valence-corrected chi connectivity index (χ3v) is 5.82. The van der Waals surface area contributed by atoms with Crippen molar-refractivity contribution in [3.63, 3.8) is 0 Å². The van der Waals surface area contributed by atoms with Crippen LogP contribution in [0.1, 0.15) is 16.1 Å². The Kier molecular flexibility index (Phi) is 4.41. The summed E-state index contributed by atoms with van der Waals surface area (Å²) in [6, 6.07) is 21.2. The number of rotatable bonds is 3. The minimum absolute atomic E-state index is 0.159. The van der Waals surface area contributed by atoms with Crippen LogP contribution in [0.2, 0.25) is 0 Å². The van der Waals surface area contributed by atoms with Crippen LogP contribution >= 0.6 is 11.3 Å². The van der Waals surface area contributed by atoms with Crippen LogP contribution in [0.4, 0.5) is 0 Å². The van der Waals surface area contributed by atoms with Crippen molar-refractivity contribution in [2.75, 3.05) is 0 Å². The molecule has 3 aromatic carbocycles. The van der Waals surface area contributed by atoms with E-state index in [1.54, 1.807) is 49.4 Å². The Morgan fingerprint density at radius 1 is 1.00 bits per heavy atom. The van der Waals surface area contributed by atoms with Crippen molar-refractivity contribution in [1.29, 1.82) is 0 Å². The molecule has 0 spiro atoms. The zero-order valence-corrected chi connectivity index (χ0v) is 16.7. The molecule has 0 fully saturated rings. The van der Waals surface area contributed by atoms with Gasteiger partial charge in [-0.2, -0.15) is 0 Å². The number of ether oxygens (including phenoxy) is 1. The van der Waals surface area contributed by atoms with Gasteiger partial charge in [0.05, 0.1) is 26.7 Å². The maximum Gasteiger partial charge on any atom is 0.343 e. The van der Waals surface area contributed by atoms with Crippen LogP contribution in [0, 0.1) is 6.92 Å². The number of para-hydroxylation sites is 1. The topological polar surface area (TPSA) is 69.4 Å². The second kappa shape index (κ2) is 7.24. The van der Waals surface area contributed by atoms with E-state index in [4.69, 9.17) is 9.15 Å². The largest absolute Gasteiger partial charge is 0.460 e. The third-order valence-electron chi connectivity index (χ3n) is 4.77. The maximum absolute atomic E-state index is 13.2. The summed E-state index contributed by atoms with van der Waals surface area (Å²) in [4.78, 5) is 30.1. The molecule has 0 aliphatic heterocycles. The van der Waals surface area contributed by atoms with Gasteiger partial charge in [-0.25, -0.2) is 9.78 Å². The maximum atomic E-state index is 13.2. The molecule has 0 radical (unpaired) electrons. The Bertz CT molecular complexity index is 1430. The molecule has 2 aromatic heterocycles. The average molecular weight is 413 g/mol. The summed E-state index contributed by atoms with van der Waals surface area (Å²) in [5.74, 6) is 0.310. The van der Waals surface area contributed by atoms with Gasteiger partial charge in [-0.1, -0.05) is 30.3 Å². The second-order valence-corrected chi connectivity index (χ2v) is 7.79. The molecule has 6 heteroatoms. The number of carbonyl (C=O) groups excluding carboxylic acids is 1. The smallest absolute Gasteiger partial charge is 0.343 e. The Morgan fingerprint density at radius 2 is 1.77 bits per heavy atom. The van der Waals surface area contributed by atoms with E-state index in [-0.39, 0.29) is 5.43 Å². The summed E-state index contributed by atoms with van der Waals surface area (Å²) in [7, 11) is 0. The number of benzene rings is 3. The number of aromatic nitrogens is 1. The van der Waals surface area contributed by atoms with E-state index in [2.05, 4.69) is 4.98 Å². The Morgan fingerprint density at radius 3 is 2.57 bits per heavy atom. The molecular formula is C24H15NO4S. The van der Waals surface area contributed by atoms with Crippen LogP contribution < -0.4 is 10.2 Å². The number of aryl methyl sites for hydroxylation is 1. The minimum atomic E-state index is -0.472. The molecule has 146 valence electrons. The fourth-order valence-electron chi connectivity index (χ4n) is 3.32. The van der Waals surface area contributed by atoms with Crippen LogP contribution in [0.25, 0.3) is 31.8 Å². The molecule has 0 N–H and O–H groups in total. The standard InChI is InChI=1S/C24H15NO4S/c1-14-21(23-25-18-9-5-6-10-20(18)30-23)22(26)17-12-11-16(13-19(17)28-14)29-24(27)15-7-3-2-4-8-15/h2-13H,1H3. The number of fused-ring (bicyclic) bond motifs is 2. The molecule has 0 atom stereocenters. The first-order valence-corrected chi connectivity index (χ1v) is 10.1. The highest BCUT2D eigenvalue weighted by Gasteiger charge is 2.18. The predicted octanol–water partition coefficient (Wildman–Crippen LogP) is 5.60. The molecule has 0 saturated carbocycles. The zero-order valence-electron chi connectivity index (χ0n) is 15.9. The van der Waals surface area contributed by atoms with Crippen LogP contribution in [0.15, 0.2) is 82.0 Å². The van der Waals surface area contributed by atoms with Crippen molar-refractivity contribution < 1.29 is 13.9 Å². The van der Waals surface area contributed by atoms with Crippen LogP contribution in [-0.4, -0.2) is 11.0 Å². The predicted molar refractivity (Wildman–Crippen MR) is 117 cm³/mol. The lowest BCUT2D eigenvalue weighted by molar-refractivity contribution is 0.0735. The van der Waals surface area contributed by atoms with Crippen molar-refractivity contribution >= 4 is 38.5 Å². The van der Waals surface area contributed by atoms with Crippen molar-refractivity contribution in [2.24, 2.45) is 0 Å². The summed E-state index contributed by atoms with van der Waals surface area (Å²) >= 11 is 1.46. The van der Waals surface area contributed by atoms with E-state index < -0.39 is 5.97 Å². The van der Waals surface area contributed by atoms with E-state index >= 15 is 0 Å². The lowest BCUT2D eigenvalue weighted by Gasteiger charge is -2.07. The molecule has 5 aromatic rings. The molecule has 0 aliphatic rings. The summed E-state index contributed by atoms with van der Waals surface area (Å²) in [6.07, 6.45) is 0. The van der Waals surface area contributed by atoms with E-state index in [0.717, 1.165) is 10.2 Å². The first kappa shape index (κ1) is 18.3. The van der Waals surface area contributed by atoms with Gasteiger partial charge in [-0.15, -0.1) is 11.3 Å². The van der Waals surface area contributed by atoms with Crippen molar-refractivity contribution in [2.45, 2.75) is 6.92 Å². The van der Waals surface area contributed by atoms with Gasteiger partial charge in [0.1, 0.15) is 22.1 Å². The molecule has 2 heterocycles. The number of thiazole rings is 1. The van der Waals surface area contributed by atoms with Crippen LogP contribution in [0.3, 0.4) is 0 Å². The van der Waals surface area contributed by atoms with Crippen molar-refractivity contribution in [3.05, 3.63) is 94.3 Å². The molecule has 0 aliphatic carbocycles. The summed E-state index contributed by atoms with van der Waals surface area (Å²) in [5, 5.41) is 1.04. The minimum Gasteiger partial charge on any atom is -0.460 e. The monoisotopic (exact) mass is 413 g/mol. The number of esters is 1. The van der Waals surface area contributed by atoms with Gasteiger partial charge in [-0.3, -0.25) is 4.79 Å². The molecular weight excluding hydrogens is 398 g/mol. The van der Waals surface area contributed by atoms with Gasteiger partial charge in [0.25, 0.3) is 0 Å². The van der Waals surface area contributed by atoms with E-state index in [1.165, 1.54) is 11.3 Å². The Hall–Kier alpha value is -3.77. The second-order valence-electron chi connectivity index (χ2n) is 6.76.